The minimum atomic E-state index is -1.48. The number of carbonyl (C=O) groups is 2. The van der Waals surface area contributed by atoms with E-state index in [1.165, 1.54) is 0 Å². The van der Waals surface area contributed by atoms with Crippen LogP contribution < -0.4 is 4.74 Å². The van der Waals surface area contributed by atoms with Gasteiger partial charge in [0, 0.05) is 0 Å². The number of carbonyl (C=O) groups excluding carboxylic acids is 2. The molecule has 0 bridgehead atoms. The van der Waals surface area contributed by atoms with Gasteiger partial charge in [0.25, 0.3) is 0 Å². The Morgan fingerprint density at radius 2 is 1.50 bits per heavy atom. The molecular weight excluding hydrogens is 540 g/mol. The molecule has 1 aliphatic rings. The van der Waals surface area contributed by atoms with E-state index in [9.17, 15) is 9.59 Å². The molecule has 0 unspecified atom stereocenters. The lowest BCUT2D eigenvalue weighted by Gasteiger charge is -2.35. The van der Waals surface area contributed by atoms with Crippen LogP contribution in [0.1, 0.15) is 16.7 Å². The molecule has 4 rings (SSSR count). The fraction of sp³-hybridized carbons (Fsp3) is 0.333. The molecule has 42 heavy (non-hydrogen) atoms. The molecule has 0 saturated carbocycles. The summed E-state index contributed by atoms with van der Waals surface area (Å²) in [6.45, 7) is 4.43. The highest BCUT2D eigenvalue weighted by Crippen LogP contribution is 2.36. The molecule has 0 aromatic heterocycles. The molecule has 1 fully saturated rings. The summed E-state index contributed by atoms with van der Waals surface area (Å²) in [7, 11) is 2.72. The maximum absolute atomic E-state index is 12.8. The first-order valence-electron chi connectivity index (χ1n) is 13.5. The van der Waals surface area contributed by atoms with Crippen LogP contribution in [0, 0.1) is 0 Å². The lowest BCUT2D eigenvalue weighted by Crippen LogP contribution is -2.55. The van der Waals surface area contributed by atoms with Gasteiger partial charge in [-0.15, -0.1) is 6.58 Å². The highest BCUT2D eigenvalue weighted by atomic mass is 16.7. The van der Waals surface area contributed by atoms with Gasteiger partial charge in [0.05, 0.1) is 47.3 Å². The number of methoxy groups -OCH3 is 2. The molecule has 1 heterocycles. The van der Waals surface area contributed by atoms with Gasteiger partial charge in [-0.05, 0) is 28.8 Å². The highest BCUT2D eigenvalue weighted by Gasteiger charge is 2.57. The second kappa shape index (κ2) is 15.3. The summed E-state index contributed by atoms with van der Waals surface area (Å²) >= 11 is 0. The van der Waals surface area contributed by atoms with Crippen LogP contribution in [0.5, 0.6) is 5.75 Å². The SMILES string of the molecule is C=C[C@@H](OCc1ccc(OC)cc1)[C@@H]1OC[C@](COCc2ccccc2)(OC(=O)C(=O)OC)[C@H]1OCc1ccccc1. The Morgan fingerprint density at radius 3 is 2.10 bits per heavy atom. The van der Waals surface area contributed by atoms with Crippen molar-refractivity contribution >= 4 is 11.9 Å². The molecule has 4 atom stereocenters. The third-order valence-electron chi connectivity index (χ3n) is 6.87. The lowest BCUT2D eigenvalue weighted by molar-refractivity contribution is -0.196. The fourth-order valence-corrected chi connectivity index (χ4v) is 4.66. The molecule has 9 nitrogen and oxygen atoms in total. The number of ether oxygens (including phenoxy) is 7. The second-order valence-electron chi connectivity index (χ2n) is 9.78. The van der Waals surface area contributed by atoms with Crippen molar-refractivity contribution in [2.75, 3.05) is 27.4 Å². The zero-order valence-electron chi connectivity index (χ0n) is 23.8. The maximum atomic E-state index is 12.8. The van der Waals surface area contributed by atoms with Gasteiger partial charge in [-0.2, -0.15) is 0 Å². The zero-order chi connectivity index (χ0) is 29.8. The van der Waals surface area contributed by atoms with Crippen molar-refractivity contribution in [1.82, 2.24) is 0 Å². The monoisotopic (exact) mass is 576 g/mol. The molecule has 0 aliphatic carbocycles. The number of hydrogen-bond acceptors (Lipinski definition) is 9. The summed E-state index contributed by atoms with van der Waals surface area (Å²) in [6, 6.07) is 26.6. The summed E-state index contributed by atoms with van der Waals surface area (Å²) in [5.41, 5.74) is 1.26. The predicted octanol–water partition coefficient (Wildman–Crippen LogP) is 4.42. The normalized spacial score (nSPS) is 20.4. The quantitative estimate of drug-likeness (QED) is 0.157. The van der Waals surface area contributed by atoms with Crippen LogP contribution in [0.15, 0.2) is 97.6 Å². The number of rotatable bonds is 14. The Hall–Kier alpha value is -4.02. The molecule has 222 valence electrons. The van der Waals surface area contributed by atoms with Crippen molar-refractivity contribution in [1.29, 1.82) is 0 Å². The Balaban J connectivity index is 1.59. The first kappa shape index (κ1) is 30.9. The summed E-state index contributed by atoms with van der Waals surface area (Å²) < 4.78 is 40.6. The molecule has 0 amide bonds. The van der Waals surface area contributed by atoms with E-state index in [1.54, 1.807) is 13.2 Å². The van der Waals surface area contributed by atoms with Gasteiger partial charge in [-0.25, -0.2) is 9.59 Å². The van der Waals surface area contributed by atoms with Gasteiger partial charge >= 0.3 is 11.9 Å². The van der Waals surface area contributed by atoms with Crippen LogP contribution >= 0.6 is 0 Å². The number of hydrogen-bond donors (Lipinski definition) is 0. The third-order valence-corrected chi connectivity index (χ3v) is 6.87. The Kier molecular flexibility index (Phi) is 11.2. The first-order valence-corrected chi connectivity index (χ1v) is 13.5. The van der Waals surface area contributed by atoms with Crippen LogP contribution in [0.25, 0.3) is 0 Å². The van der Waals surface area contributed by atoms with Gasteiger partial charge in [0.15, 0.2) is 5.60 Å². The first-order chi connectivity index (χ1) is 20.5. The van der Waals surface area contributed by atoms with Gasteiger partial charge in [0.2, 0.25) is 0 Å². The standard InChI is InChI=1S/C33H36O9/c1-4-28(39-20-26-15-17-27(36-2)18-16-26)29-30(40-21-25-13-9-6-10-14-25)33(23-41-29,42-32(35)31(34)37-3)22-38-19-24-11-7-5-8-12-24/h4-18,28-30H,1,19-23H2,2-3H3/t28-,29+,30+,33+/m1/s1. The van der Waals surface area contributed by atoms with Crippen LogP contribution in [-0.2, 0) is 57.8 Å². The number of esters is 2. The highest BCUT2D eigenvalue weighted by molar-refractivity contribution is 6.29. The van der Waals surface area contributed by atoms with Crippen molar-refractivity contribution < 1.29 is 42.7 Å². The van der Waals surface area contributed by atoms with E-state index in [0.717, 1.165) is 29.5 Å². The van der Waals surface area contributed by atoms with Crippen molar-refractivity contribution in [2.45, 2.75) is 43.7 Å². The van der Waals surface area contributed by atoms with Gasteiger partial charge in [-0.1, -0.05) is 78.9 Å². The van der Waals surface area contributed by atoms with Gasteiger partial charge in [-0.3, -0.25) is 0 Å². The van der Waals surface area contributed by atoms with Crippen LogP contribution in [0.4, 0.5) is 0 Å². The molecule has 1 aliphatic heterocycles. The largest absolute Gasteiger partial charge is 0.497 e. The van der Waals surface area contributed by atoms with Crippen molar-refractivity contribution in [3.05, 3.63) is 114 Å². The van der Waals surface area contributed by atoms with E-state index < -0.39 is 35.9 Å². The van der Waals surface area contributed by atoms with Crippen molar-refractivity contribution in [2.24, 2.45) is 0 Å². The smallest absolute Gasteiger partial charge is 0.418 e. The fourth-order valence-electron chi connectivity index (χ4n) is 4.66. The molecule has 3 aromatic carbocycles. The van der Waals surface area contributed by atoms with Crippen molar-refractivity contribution in [3.63, 3.8) is 0 Å². The van der Waals surface area contributed by atoms with Gasteiger partial charge < -0.3 is 33.2 Å². The van der Waals surface area contributed by atoms with E-state index >= 15 is 0 Å². The molecule has 3 aromatic rings. The molecule has 0 spiro atoms. The van der Waals surface area contributed by atoms with Crippen LogP contribution in [0.3, 0.4) is 0 Å². The topological polar surface area (TPSA) is 98.8 Å². The van der Waals surface area contributed by atoms with E-state index in [4.69, 9.17) is 28.4 Å². The van der Waals surface area contributed by atoms with Gasteiger partial charge in [0.1, 0.15) is 24.1 Å². The summed E-state index contributed by atoms with van der Waals surface area (Å²) in [5.74, 6) is -1.58. The predicted molar refractivity (Wildman–Crippen MR) is 153 cm³/mol. The summed E-state index contributed by atoms with van der Waals surface area (Å²) in [6.07, 6.45) is -0.660. The maximum Gasteiger partial charge on any atom is 0.418 e. The summed E-state index contributed by atoms with van der Waals surface area (Å²) in [4.78, 5) is 24.9. The van der Waals surface area contributed by atoms with E-state index in [2.05, 4.69) is 11.3 Å². The molecule has 0 N–H and O–H groups in total. The average molecular weight is 577 g/mol. The summed E-state index contributed by atoms with van der Waals surface area (Å²) in [5, 5.41) is 0. The van der Waals surface area contributed by atoms with Crippen LogP contribution in [-0.4, -0.2) is 63.3 Å². The molecule has 1 saturated heterocycles. The molecule has 0 radical (unpaired) electrons. The molecular formula is C33H36O9. The Morgan fingerprint density at radius 1 is 0.881 bits per heavy atom. The average Bonchev–Trinajstić information content (AvgIpc) is 3.38. The van der Waals surface area contributed by atoms with E-state index in [1.807, 2.05) is 84.9 Å². The third kappa shape index (κ3) is 8.04. The van der Waals surface area contributed by atoms with E-state index in [-0.39, 0.29) is 33.0 Å². The minimum Gasteiger partial charge on any atom is -0.497 e. The Labute approximate surface area is 245 Å². The van der Waals surface area contributed by atoms with Crippen LogP contribution in [0.2, 0.25) is 0 Å². The van der Waals surface area contributed by atoms with Crippen molar-refractivity contribution in [3.8, 4) is 5.75 Å². The number of benzene rings is 3. The minimum absolute atomic E-state index is 0.106. The molecule has 9 heteroatoms. The second-order valence-corrected chi connectivity index (χ2v) is 9.78. The Bertz CT molecular complexity index is 1280. The van der Waals surface area contributed by atoms with E-state index in [0.29, 0.717) is 0 Å². The lowest BCUT2D eigenvalue weighted by atomic mass is 9.93. The zero-order valence-corrected chi connectivity index (χ0v) is 23.8.